The number of carbonyl (C=O) groups is 2. The van der Waals surface area contributed by atoms with E-state index < -0.39 is 30.0 Å². The van der Waals surface area contributed by atoms with E-state index in [9.17, 15) is 9.59 Å². The van der Waals surface area contributed by atoms with Crippen molar-refractivity contribution >= 4 is 11.9 Å². The lowest BCUT2D eigenvalue weighted by molar-refractivity contribution is -0.142. The zero-order valence-electron chi connectivity index (χ0n) is 10.4. The van der Waals surface area contributed by atoms with Crippen molar-refractivity contribution in [1.82, 2.24) is 0 Å². The molecule has 0 aromatic rings. The van der Waals surface area contributed by atoms with Crippen LogP contribution in [0.15, 0.2) is 0 Å². The van der Waals surface area contributed by atoms with Crippen molar-refractivity contribution in [3.05, 3.63) is 0 Å². The molecule has 0 radical (unpaired) electrons. The molecule has 0 aliphatic rings. The van der Waals surface area contributed by atoms with Gasteiger partial charge in [-0.3, -0.25) is 9.59 Å². The van der Waals surface area contributed by atoms with Crippen molar-refractivity contribution in [3.63, 3.8) is 0 Å². The third-order valence-electron chi connectivity index (χ3n) is 2.73. The molecule has 0 spiro atoms. The van der Waals surface area contributed by atoms with Gasteiger partial charge in [-0.1, -0.05) is 0 Å². The first-order chi connectivity index (χ1) is 8.40. The second-order valence-electron chi connectivity index (χ2n) is 4.14. The molecule has 18 heavy (non-hydrogen) atoms. The summed E-state index contributed by atoms with van der Waals surface area (Å²) in [5, 5.41) is 26.3. The molecule has 0 aliphatic carbocycles. The standard InChI is InChI=1S/C11H21NO6/c1-7(8(6-13)10(12)11(16)17)18-5-3-2-4-9(14)15/h7-8,10,13H,2-6,12H2,1H3,(H,14,15)(H,16,17). The molecule has 3 atom stereocenters. The lowest BCUT2D eigenvalue weighted by Crippen LogP contribution is -2.45. The van der Waals surface area contributed by atoms with Crippen LogP contribution in [0.25, 0.3) is 0 Å². The highest BCUT2D eigenvalue weighted by molar-refractivity contribution is 5.73. The van der Waals surface area contributed by atoms with Gasteiger partial charge in [-0.25, -0.2) is 0 Å². The Balaban J connectivity index is 3.94. The number of unbranched alkanes of at least 4 members (excludes halogenated alkanes) is 1. The van der Waals surface area contributed by atoms with Crippen LogP contribution in [0.3, 0.4) is 0 Å². The number of aliphatic hydroxyl groups excluding tert-OH is 1. The molecule has 0 aliphatic heterocycles. The molecular weight excluding hydrogens is 242 g/mol. The van der Waals surface area contributed by atoms with Crippen LogP contribution in [0.1, 0.15) is 26.2 Å². The monoisotopic (exact) mass is 263 g/mol. The van der Waals surface area contributed by atoms with E-state index in [1.807, 2.05) is 0 Å². The van der Waals surface area contributed by atoms with Crippen molar-refractivity contribution < 1.29 is 29.6 Å². The van der Waals surface area contributed by atoms with Gasteiger partial charge in [-0.2, -0.15) is 0 Å². The number of carboxylic acids is 2. The van der Waals surface area contributed by atoms with Gasteiger partial charge in [0.25, 0.3) is 0 Å². The molecule has 7 heteroatoms. The zero-order chi connectivity index (χ0) is 14.1. The second kappa shape index (κ2) is 8.84. The molecule has 106 valence electrons. The summed E-state index contributed by atoms with van der Waals surface area (Å²) in [6.45, 7) is 1.59. The fraction of sp³-hybridized carbons (Fsp3) is 0.818. The second-order valence-corrected chi connectivity index (χ2v) is 4.14. The average molecular weight is 263 g/mol. The molecule has 0 aromatic heterocycles. The van der Waals surface area contributed by atoms with Gasteiger partial charge < -0.3 is 25.8 Å². The summed E-state index contributed by atoms with van der Waals surface area (Å²) < 4.78 is 5.35. The summed E-state index contributed by atoms with van der Waals surface area (Å²) in [4.78, 5) is 21.0. The molecule has 0 rings (SSSR count). The minimum Gasteiger partial charge on any atom is -0.481 e. The molecule has 0 aromatic carbocycles. The van der Waals surface area contributed by atoms with Crippen molar-refractivity contribution in [3.8, 4) is 0 Å². The van der Waals surface area contributed by atoms with Gasteiger partial charge in [0.15, 0.2) is 0 Å². The first kappa shape index (κ1) is 16.8. The first-order valence-corrected chi connectivity index (χ1v) is 5.82. The van der Waals surface area contributed by atoms with Crippen LogP contribution in [0.2, 0.25) is 0 Å². The largest absolute Gasteiger partial charge is 0.481 e. The van der Waals surface area contributed by atoms with Crippen LogP contribution in [-0.2, 0) is 14.3 Å². The maximum atomic E-state index is 10.7. The summed E-state index contributed by atoms with van der Waals surface area (Å²) in [5.74, 6) is -2.72. The molecule has 0 saturated heterocycles. The SMILES string of the molecule is CC(OCCCCC(=O)O)C(CO)C(N)C(=O)O. The van der Waals surface area contributed by atoms with E-state index in [0.29, 0.717) is 19.4 Å². The Kier molecular flexibility index (Phi) is 8.27. The third-order valence-corrected chi connectivity index (χ3v) is 2.73. The number of ether oxygens (including phenoxy) is 1. The lowest BCUT2D eigenvalue weighted by Gasteiger charge is -2.25. The van der Waals surface area contributed by atoms with E-state index >= 15 is 0 Å². The Hall–Kier alpha value is -1.18. The highest BCUT2D eigenvalue weighted by Crippen LogP contribution is 2.12. The van der Waals surface area contributed by atoms with Crippen LogP contribution < -0.4 is 5.73 Å². The predicted octanol–water partition coefficient (Wildman–Crippen LogP) is -0.333. The average Bonchev–Trinajstić information content (AvgIpc) is 2.28. The Morgan fingerprint density at radius 1 is 1.28 bits per heavy atom. The van der Waals surface area contributed by atoms with Gasteiger partial charge in [-0.05, 0) is 19.8 Å². The fourth-order valence-electron chi connectivity index (χ4n) is 1.51. The number of hydrogen-bond acceptors (Lipinski definition) is 5. The van der Waals surface area contributed by atoms with Gasteiger partial charge in [0.1, 0.15) is 6.04 Å². The Morgan fingerprint density at radius 3 is 2.33 bits per heavy atom. The minimum atomic E-state index is -1.18. The molecule has 5 N–H and O–H groups in total. The Labute approximate surface area is 106 Å². The number of aliphatic carboxylic acids is 2. The first-order valence-electron chi connectivity index (χ1n) is 5.82. The maximum Gasteiger partial charge on any atom is 0.320 e. The molecule has 0 bridgehead atoms. The molecule has 0 heterocycles. The minimum absolute atomic E-state index is 0.0792. The normalized spacial score (nSPS) is 15.9. The summed E-state index contributed by atoms with van der Waals surface area (Å²) in [6, 6.07) is -1.18. The Morgan fingerprint density at radius 2 is 1.89 bits per heavy atom. The molecule has 7 nitrogen and oxygen atoms in total. The van der Waals surface area contributed by atoms with E-state index in [4.69, 9.17) is 25.8 Å². The fourth-order valence-corrected chi connectivity index (χ4v) is 1.51. The predicted molar refractivity (Wildman–Crippen MR) is 63.1 cm³/mol. The summed E-state index contributed by atoms with van der Waals surface area (Å²) in [6.07, 6.45) is 0.648. The van der Waals surface area contributed by atoms with Crippen LogP contribution >= 0.6 is 0 Å². The van der Waals surface area contributed by atoms with Gasteiger partial charge in [0.2, 0.25) is 0 Å². The summed E-state index contributed by atoms with van der Waals surface area (Å²) in [7, 11) is 0. The smallest absolute Gasteiger partial charge is 0.320 e. The van der Waals surface area contributed by atoms with Gasteiger partial charge >= 0.3 is 11.9 Å². The van der Waals surface area contributed by atoms with E-state index in [2.05, 4.69) is 0 Å². The van der Waals surface area contributed by atoms with Gasteiger partial charge in [0.05, 0.1) is 12.7 Å². The van der Waals surface area contributed by atoms with Crippen LogP contribution in [0, 0.1) is 5.92 Å². The van der Waals surface area contributed by atoms with Crippen LogP contribution in [0.4, 0.5) is 0 Å². The number of hydrogen-bond donors (Lipinski definition) is 4. The lowest BCUT2D eigenvalue weighted by atomic mass is 9.96. The van der Waals surface area contributed by atoms with E-state index in [1.165, 1.54) is 0 Å². The molecule has 0 fully saturated rings. The molecular formula is C11H21NO6. The topological polar surface area (TPSA) is 130 Å². The zero-order valence-corrected chi connectivity index (χ0v) is 10.4. The van der Waals surface area contributed by atoms with Crippen molar-refractivity contribution in [2.75, 3.05) is 13.2 Å². The summed E-state index contributed by atoms with van der Waals surface area (Å²) in [5.41, 5.74) is 5.43. The van der Waals surface area contributed by atoms with Crippen LogP contribution in [-0.4, -0.2) is 52.6 Å². The quantitative estimate of drug-likeness (QED) is 0.397. The van der Waals surface area contributed by atoms with Crippen molar-refractivity contribution in [1.29, 1.82) is 0 Å². The number of nitrogens with two attached hydrogens (primary N) is 1. The van der Waals surface area contributed by atoms with Gasteiger partial charge in [-0.15, -0.1) is 0 Å². The molecule has 0 amide bonds. The third kappa shape index (κ3) is 6.53. The van der Waals surface area contributed by atoms with E-state index in [1.54, 1.807) is 6.92 Å². The van der Waals surface area contributed by atoms with Gasteiger partial charge in [0, 0.05) is 18.9 Å². The van der Waals surface area contributed by atoms with E-state index in [-0.39, 0.29) is 13.0 Å². The summed E-state index contributed by atoms with van der Waals surface area (Å²) >= 11 is 0. The number of rotatable bonds is 10. The van der Waals surface area contributed by atoms with Crippen molar-refractivity contribution in [2.45, 2.75) is 38.3 Å². The Bertz CT molecular complexity index is 270. The number of aliphatic hydroxyl groups is 1. The molecule has 0 saturated carbocycles. The highest BCUT2D eigenvalue weighted by Gasteiger charge is 2.29. The molecule has 3 unspecified atom stereocenters. The van der Waals surface area contributed by atoms with E-state index in [0.717, 1.165) is 0 Å². The number of carboxylic acid groups (broad SMARTS) is 2. The maximum absolute atomic E-state index is 10.7. The van der Waals surface area contributed by atoms with Crippen LogP contribution in [0.5, 0.6) is 0 Å². The highest BCUT2D eigenvalue weighted by atomic mass is 16.5. The van der Waals surface area contributed by atoms with Crippen molar-refractivity contribution in [2.24, 2.45) is 11.7 Å².